The molecule has 0 saturated carbocycles. The van der Waals surface area contributed by atoms with Crippen molar-refractivity contribution in [3.8, 4) is 0 Å². The summed E-state index contributed by atoms with van der Waals surface area (Å²) in [5, 5.41) is 2.78. The van der Waals surface area contributed by atoms with E-state index in [1.165, 1.54) is 12.1 Å². The van der Waals surface area contributed by atoms with Crippen molar-refractivity contribution in [3.63, 3.8) is 0 Å². The number of benzene rings is 1. The minimum absolute atomic E-state index is 0.203. The van der Waals surface area contributed by atoms with Crippen molar-refractivity contribution in [2.24, 2.45) is 0 Å². The van der Waals surface area contributed by atoms with Crippen molar-refractivity contribution in [2.45, 2.75) is 6.54 Å². The summed E-state index contributed by atoms with van der Waals surface area (Å²) in [6.07, 6.45) is 1.03. The van der Waals surface area contributed by atoms with Crippen molar-refractivity contribution >= 4 is 11.6 Å². The van der Waals surface area contributed by atoms with Gasteiger partial charge in [0, 0.05) is 26.3 Å². The van der Waals surface area contributed by atoms with E-state index in [9.17, 15) is 9.18 Å². The Morgan fingerprint density at radius 2 is 2.00 bits per heavy atom. The maximum Gasteiger partial charge on any atom is 0.270 e. The van der Waals surface area contributed by atoms with Gasteiger partial charge in [0.2, 0.25) is 0 Å². The Labute approximate surface area is 117 Å². The fourth-order valence-electron chi connectivity index (χ4n) is 1.87. The summed E-state index contributed by atoms with van der Waals surface area (Å²) in [7, 11) is 3.89. The molecule has 0 spiro atoms. The number of amides is 1. The minimum Gasteiger partial charge on any atom is -0.377 e. The number of para-hydroxylation sites is 1. The number of hydrogen-bond donors (Lipinski definition) is 1. The summed E-state index contributed by atoms with van der Waals surface area (Å²) >= 11 is 0. The quantitative estimate of drug-likeness (QED) is 0.929. The zero-order valence-electron chi connectivity index (χ0n) is 11.4. The molecule has 2 rings (SSSR count). The van der Waals surface area contributed by atoms with Crippen LogP contribution in [0.1, 0.15) is 16.1 Å². The van der Waals surface area contributed by atoms with Gasteiger partial charge in [-0.15, -0.1) is 0 Å². The Morgan fingerprint density at radius 1 is 1.25 bits per heavy atom. The number of carbonyl (C=O) groups excluding carboxylic acids is 1. The molecule has 2 aromatic rings. The van der Waals surface area contributed by atoms with Gasteiger partial charge in [0.25, 0.3) is 5.91 Å². The van der Waals surface area contributed by atoms with Crippen LogP contribution in [0.5, 0.6) is 0 Å². The van der Waals surface area contributed by atoms with Gasteiger partial charge in [-0.3, -0.25) is 4.79 Å². The lowest BCUT2D eigenvalue weighted by atomic mass is 10.1. The van der Waals surface area contributed by atoms with E-state index in [-0.39, 0.29) is 11.6 Å². The number of hydrogen-bond acceptors (Lipinski definition) is 3. The van der Waals surface area contributed by atoms with Crippen molar-refractivity contribution < 1.29 is 9.18 Å². The molecule has 0 atom stereocenters. The van der Waals surface area contributed by atoms with Crippen LogP contribution in [-0.4, -0.2) is 25.0 Å². The molecule has 0 radical (unpaired) electrons. The third kappa shape index (κ3) is 3.32. The molecule has 0 unspecified atom stereocenters. The first-order valence-electron chi connectivity index (χ1n) is 6.23. The normalized spacial score (nSPS) is 10.2. The second kappa shape index (κ2) is 6.14. The van der Waals surface area contributed by atoms with Gasteiger partial charge in [0.1, 0.15) is 11.5 Å². The average molecular weight is 273 g/mol. The van der Waals surface area contributed by atoms with Gasteiger partial charge in [-0.1, -0.05) is 18.2 Å². The highest BCUT2D eigenvalue weighted by molar-refractivity contribution is 5.92. The number of carbonyl (C=O) groups is 1. The Hall–Kier alpha value is -2.43. The van der Waals surface area contributed by atoms with Gasteiger partial charge in [-0.25, -0.2) is 9.37 Å². The molecular formula is C15H16FN3O. The van der Waals surface area contributed by atoms with E-state index in [0.717, 1.165) is 17.4 Å². The molecule has 0 aliphatic heterocycles. The first-order valence-corrected chi connectivity index (χ1v) is 6.23. The molecule has 1 N–H and O–H groups in total. The van der Waals surface area contributed by atoms with Crippen LogP contribution < -0.4 is 10.2 Å². The molecule has 20 heavy (non-hydrogen) atoms. The van der Waals surface area contributed by atoms with Crippen LogP contribution in [-0.2, 0) is 6.54 Å². The van der Waals surface area contributed by atoms with Crippen LogP contribution in [0.15, 0.2) is 42.6 Å². The molecule has 0 fully saturated rings. The summed E-state index contributed by atoms with van der Waals surface area (Å²) in [6.45, 7) is 0.395. The Bertz CT molecular complexity index is 596. The molecule has 1 aromatic heterocycles. The van der Waals surface area contributed by atoms with Crippen molar-refractivity contribution in [3.05, 3.63) is 59.7 Å². The molecule has 5 heteroatoms. The standard InChI is InChI=1S/C15H16FN3O/c1-19(2)14-6-4-3-5-11(14)9-18-15(20)13-8-7-12(16)10-17-13/h3-8,10H,9H2,1-2H3,(H,18,20). The predicted molar refractivity (Wildman–Crippen MR) is 76.1 cm³/mol. The first kappa shape index (κ1) is 14.0. The SMILES string of the molecule is CN(C)c1ccccc1CNC(=O)c1ccc(F)cn1. The highest BCUT2D eigenvalue weighted by Crippen LogP contribution is 2.17. The molecule has 4 nitrogen and oxygen atoms in total. The lowest BCUT2D eigenvalue weighted by Gasteiger charge is -2.17. The second-order valence-electron chi connectivity index (χ2n) is 4.57. The fourth-order valence-corrected chi connectivity index (χ4v) is 1.87. The summed E-state index contributed by atoms with van der Waals surface area (Å²) in [4.78, 5) is 17.6. The van der Waals surface area contributed by atoms with Crippen LogP contribution in [0.2, 0.25) is 0 Å². The van der Waals surface area contributed by atoms with Crippen LogP contribution in [0.25, 0.3) is 0 Å². The average Bonchev–Trinajstić information content (AvgIpc) is 2.45. The zero-order chi connectivity index (χ0) is 14.5. The predicted octanol–water partition coefficient (Wildman–Crippen LogP) is 2.22. The van der Waals surface area contributed by atoms with Crippen molar-refractivity contribution in [1.82, 2.24) is 10.3 Å². The van der Waals surface area contributed by atoms with Gasteiger partial charge < -0.3 is 10.2 Å². The third-order valence-corrected chi connectivity index (χ3v) is 2.87. The topological polar surface area (TPSA) is 45.2 Å². The van der Waals surface area contributed by atoms with Crippen LogP contribution in [0.4, 0.5) is 10.1 Å². The zero-order valence-corrected chi connectivity index (χ0v) is 11.4. The Morgan fingerprint density at radius 3 is 2.65 bits per heavy atom. The van der Waals surface area contributed by atoms with E-state index in [4.69, 9.17) is 0 Å². The third-order valence-electron chi connectivity index (χ3n) is 2.87. The largest absolute Gasteiger partial charge is 0.377 e. The van der Waals surface area contributed by atoms with E-state index < -0.39 is 5.82 Å². The molecule has 1 heterocycles. The second-order valence-corrected chi connectivity index (χ2v) is 4.57. The lowest BCUT2D eigenvalue weighted by molar-refractivity contribution is 0.0946. The number of pyridine rings is 1. The smallest absolute Gasteiger partial charge is 0.270 e. The molecule has 0 aliphatic carbocycles. The van der Waals surface area contributed by atoms with Gasteiger partial charge >= 0.3 is 0 Å². The number of anilines is 1. The molecule has 0 saturated heterocycles. The first-order chi connectivity index (χ1) is 9.58. The molecule has 0 aliphatic rings. The number of halogens is 1. The van der Waals surface area contributed by atoms with E-state index >= 15 is 0 Å². The minimum atomic E-state index is -0.459. The molecular weight excluding hydrogens is 257 g/mol. The molecule has 104 valence electrons. The maximum absolute atomic E-state index is 12.7. The van der Waals surface area contributed by atoms with E-state index in [1.54, 1.807) is 0 Å². The summed E-state index contributed by atoms with van der Waals surface area (Å²) in [6, 6.07) is 10.4. The van der Waals surface area contributed by atoms with Crippen molar-refractivity contribution in [1.29, 1.82) is 0 Å². The van der Waals surface area contributed by atoms with Gasteiger partial charge in [0.15, 0.2) is 0 Å². The fraction of sp³-hybridized carbons (Fsp3) is 0.200. The van der Waals surface area contributed by atoms with Gasteiger partial charge in [-0.05, 0) is 23.8 Å². The van der Waals surface area contributed by atoms with Crippen LogP contribution in [0, 0.1) is 5.82 Å². The van der Waals surface area contributed by atoms with E-state index in [2.05, 4.69) is 10.3 Å². The lowest BCUT2D eigenvalue weighted by Crippen LogP contribution is -2.25. The monoisotopic (exact) mass is 273 g/mol. The van der Waals surface area contributed by atoms with Gasteiger partial charge in [0.05, 0.1) is 6.20 Å². The summed E-state index contributed by atoms with van der Waals surface area (Å²) in [5.74, 6) is -0.780. The molecule has 1 aromatic carbocycles. The summed E-state index contributed by atoms with van der Waals surface area (Å²) < 4.78 is 12.7. The van der Waals surface area contributed by atoms with Crippen LogP contribution >= 0.6 is 0 Å². The number of aromatic nitrogens is 1. The van der Waals surface area contributed by atoms with E-state index in [0.29, 0.717) is 6.54 Å². The van der Waals surface area contributed by atoms with E-state index in [1.807, 2.05) is 43.3 Å². The number of nitrogens with zero attached hydrogens (tertiary/aromatic N) is 2. The van der Waals surface area contributed by atoms with Crippen molar-refractivity contribution in [2.75, 3.05) is 19.0 Å². The van der Waals surface area contributed by atoms with Gasteiger partial charge in [-0.2, -0.15) is 0 Å². The highest BCUT2D eigenvalue weighted by Gasteiger charge is 2.09. The number of nitrogens with one attached hydrogen (secondary N) is 1. The Balaban J connectivity index is 2.05. The summed E-state index contributed by atoms with van der Waals surface area (Å²) in [5.41, 5.74) is 2.25. The number of rotatable bonds is 4. The highest BCUT2D eigenvalue weighted by atomic mass is 19.1. The molecule has 0 bridgehead atoms. The molecule has 1 amide bonds. The Kier molecular flexibility index (Phi) is 4.30. The van der Waals surface area contributed by atoms with Crippen LogP contribution in [0.3, 0.4) is 0 Å². The maximum atomic E-state index is 12.7.